The number of benzene rings is 1. The molecule has 5 atom stereocenters. The minimum atomic E-state index is -3.81. The molecule has 0 radical (unpaired) electrons. The summed E-state index contributed by atoms with van der Waals surface area (Å²) >= 11 is 0.989. The second kappa shape index (κ2) is 10.6. The SMILES string of the molecule is CC(C)(CO)C(=O)SCCOP(=O)(NCc1ccccc1)OC[C@H]1O[C@H]2CCC2(O)C1O. The zero-order valence-corrected chi connectivity index (χ0v) is 20.0. The van der Waals surface area contributed by atoms with Crippen LogP contribution in [0, 0.1) is 5.41 Å². The Kier molecular flexibility index (Phi) is 8.57. The van der Waals surface area contributed by atoms with Gasteiger partial charge in [-0.2, -0.15) is 0 Å². The minimum Gasteiger partial charge on any atom is -0.395 e. The lowest BCUT2D eigenvalue weighted by Gasteiger charge is -2.39. The Labute approximate surface area is 192 Å². The highest BCUT2D eigenvalue weighted by Gasteiger charge is 2.60. The van der Waals surface area contributed by atoms with Crippen LogP contribution in [0.25, 0.3) is 0 Å². The van der Waals surface area contributed by atoms with Gasteiger partial charge in [0.25, 0.3) is 0 Å². The monoisotopic (exact) mass is 489 g/mol. The van der Waals surface area contributed by atoms with Crippen molar-refractivity contribution in [2.75, 3.05) is 25.6 Å². The maximum atomic E-state index is 13.3. The molecule has 0 aromatic heterocycles. The highest BCUT2D eigenvalue weighted by Crippen LogP contribution is 2.48. The lowest BCUT2D eigenvalue weighted by molar-refractivity contribution is -0.139. The molecule has 9 nitrogen and oxygen atoms in total. The summed E-state index contributed by atoms with van der Waals surface area (Å²) in [6, 6.07) is 9.30. The van der Waals surface area contributed by atoms with Crippen LogP contribution in [-0.4, -0.2) is 69.9 Å². The van der Waals surface area contributed by atoms with Gasteiger partial charge in [0, 0.05) is 12.3 Å². The number of carbonyl (C=O) groups is 1. The highest BCUT2D eigenvalue weighted by molar-refractivity contribution is 8.13. The fraction of sp³-hybridized carbons (Fsp3) is 0.667. The number of fused-ring (bicyclic) bond motifs is 1. The molecule has 1 saturated heterocycles. The van der Waals surface area contributed by atoms with Gasteiger partial charge >= 0.3 is 7.75 Å². The topological polar surface area (TPSA) is 135 Å². The largest absolute Gasteiger partial charge is 0.405 e. The molecule has 11 heteroatoms. The molecule has 1 aliphatic heterocycles. The van der Waals surface area contributed by atoms with Gasteiger partial charge in [0.2, 0.25) is 0 Å². The summed E-state index contributed by atoms with van der Waals surface area (Å²) in [7, 11) is -3.81. The molecule has 1 saturated carbocycles. The third-order valence-corrected chi connectivity index (χ3v) is 8.56. The van der Waals surface area contributed by atoms with Crippen LogP contribution in [-0.2, 0) is 29.7 Å². The summed E-state index contributed by atoms with van der Waals surface area (Å²) in [6.45, 7) is 3.00. The van der Waals surface area contributed by atoms with Crippen molar-refractivity contribution in [3.05, 3.63) is 35.9 Å². The van der Waals surface area contributed by atoms with Crippen LogP contribution in [0.3, 0.4) is 0 Å². The second-order valence-corrected chi connectivity index (χ2v) is 11.7. The van der Waals surface area contributed by atoms with E-state index >= 15 is 0 Å². The zero-order valence-electron chi connectivity index (χ0n) is 18.3. The summed E-state index contributed by atoms with van der Waals surface area (Å²) in [4.78, 5) is 12.1. The van der Waals surface area contributed by atoms with Crippen molar-refractivity contribution in [1.82, 2.24) is 5.09 Å². The van der Waals surface area contributed by atoms with Gasteiger partial charge in [-0.05, 0) is 32.3 Å². The summed E-state index contributed by atoms with van der Waals surface area (Å²) in [6.07, 6.45) is -1.28. The molecule has 1 aromatic rings. The maximum Gasteiger partial charge on any atom is 0.405 e. The lowest BCUT2D eigenvalue weighted by Crippen LogP contribution is -2.55. The van der Waals surface area contributed by atoms with Crippen LogP contribution < -0.4 is 5.09 Å². The first-order valence-electron chi connectivity index (χ1n) is 10.6. The van der Waals surface area contributed by atoms with Crippen molar-refractivity contribution in [2.45, 2.75) is 57.1 Å². The van der Waals surface area contributed by atoms with Gasteiger partial charge in [-0.15, -0.1) is 0 Å². The molecule has 2 aliphatic rings. The minimum absolute atomic E-state index is 0.0301. The molecular weight excluding hydrogens is 457 g/mol. The first kappa shape index (κ1) is 25.8. The van der Waals surface area contributed by atoms with Gasteiger partial charge in [-0.25, -0.2) is 9.65 Å². The van der Waals surface area contributed by atoms with Crippen LogP contribution >= 0.6 is 19.5 Å². The molecule has 0 spiro atoms. The Balaban J connectivity index is 1.55. The van der Waals surface area contributed by atoms with Crippen molar-refractivity contribution in [3.63, 3.8) is 0 Å². The van der Waals surface area contributed by atoms with Crippen molar-refractivity contribution in [2.24, 2.45) is 5.41 Å². The van der Waals surface area contributed by atoms with Crippen LogP contribution in [0.15, 0.2) is 30.3 Å². The maximum absolute atomic E-state index is 13.3. The number of hydrogen-bond acceptors (Lipinski definition) is 9. The standard InChI is InChI=1S/C21H32NO8PS/c1-20(2,14-23)19(25)32-11-10-28-31(27,22-12-15-6-4-3-5-7-15)29-13-16-18(24)21(26)9-8-17(21)30-16/h3-7,16-18,23-24,26H,8-14H2,1-2H3,(H,22,27)/t16-,17+,18?,21?,31?/m1/s1. The average molecular weight is 490 g/mol. The number of hydrogen-bond donors (Lipinski definition) is 4. The number of rotatable bonds is 12. The summed E-state index contributed by atoms with van der Waals surface area (Å²) < 4.78 is 30.0. The predicted octanol–water partition coefficient (Wildman–Crippen LogP) is 1.85. The summed E-state index contributed by atoms with van der Waals surface area (Å²) in [5.41, 5.74) is -1.27. The van der Waals surface area contributed by atoms with Crippen molar-refractivity contribution in [1.29, 1.82) is 0 Å². The van der Waals surface area contributed by atoms with Gasteiger partial charge in [0.05, 0.1) is 31.3 Å². The van der Waals surface area contributed by atoms with Crippen LogP contribution in [0.5, 0.6) is 0 Å². The van der Waals surface area contributed by atoms with Crippen molar-refractivity contribution < 1.29 is 38.5 Å². The van der Waals surface area contributed by atoms with E-state index in [1.165, 1.54) is 0 Å². The van der Waals surface area contributed by atoms with E-state index in [1.54, 1.807) is 13.8 Å². The van der Waals surface area contributed by atoms with E-state index in [-0.39, 0.29) is 37.2 Å². The Morgan fingerprint density at radius 2 is 2.06 bits per heavy atom. The number of nitrogens with one attached hydrogen (secondary N) is 1. The Bertz CT molecular complexity index is 825. The first-order valence-corrected chi connectivity index (χ1v) is 13.1. The summed E-state index contributed by atoms with van der Waals surface area (Å²) in [5.74, 6) is 0.229. The zero-order chi connectivity index (χ0) is 23.4. The Hall–Kier alpha value is -0.810. The van der Waals surface area contributed by atoms with Gasteiger partial charge in [0.15, 0.2) is 5.12 Å². The van der Waals surface area contributed by atoms with Crippen molar-refractivity contribution >= 4 is 24.6 Å². The average Bonchev–Trinajstić information content (AvgIpc) is 2.95. The second-order valence-electron chi connectivity index (χ2n) is 8.76. The van der Waals surface area contributed by atoms with E-state index in [2.05, 4.69) is 5.09 Å². The van der Waals surface area contributed by atoms with Crippen molar-refractivity contribution in [3.8, 4) is 0 Å². The van der Waals surface area contributed by atoms with E-state index in [9.17, 15) is 24.7 Å². The van der Waals surface area contributed by atoms with E-state index in [0.29, 0.717) is 12.8 Å². The lowest BCUT2D eigenvalue weighted by atomic mass is 9.74. The molecule has 1 aliphatic carbocycles. The molecule has 2 fully saturated rings. The van der Waals surface area contributed by atoms with Gasteiger partial charge in [-0.1, -0.05) is 42.1 Å². The third-order valence-electron chi connectivity index (χ3n) is 5.82. The number of thioether (sulfide) groups is 1. The van der Waals surface area contributed by atoms with Gasteiger partial charge < -0.3 is 20.1 Å². The van der Waals surface area contributed by atoms with Crippen LogP contribution in [0.1, 0.15) is 32.3 Å². The Morgan fingerprint density at radius 1 is 1.34 bits per heavy atom. The smallest absolute Gasteiger partial charge is 0.395 e. The molecular formula is C21H32NO8PS. The molecule has 0 amide bonds. The van der Waals surface area contributed by atoms with E-state index in [1.807, 2.05) is 30.3 Å². The molecule has 1 heterocycles. The predicted molar refractivity (Wildman–Crippen MR) is 120 cm³/mol. The Morgan fingerprint density at radius 3 is 2.62 bits per heavy atom. The normalized spacial score (nSPS) is 29.2. The molecule has 0 bridgehead atoms. The van der Waals surface area contributed by atoms with E-state index in [0.717, 1.165) is 17.3 Å². The number of aliphatic hydroxyl groups excluding tert-OH is 2. The number of aliphatic hydroxyl groups is 3. The molecule has 3 rings (SSSR count). The third kappa shape index (κ3) is 6.00. The number of ether oxygens (including phenoxy) is 1. The van der Waals surface area contributed by atoms with Gasteiger partial charge in [-0.3, -0.25) is 13.8 Å². The quantitative estimate of drug-likeness (QED) is 0.254. The molecule has 32 heavy (non-hydrogen) atoms. The van der Waals surface area contributed by atoms with Crippen LogP contribution in [0.2, 0.25) is 0 Å². The fourth-order valence-electron chi connectivity index (χ4n) is 3.46. The van der Waals surface area contributed by atoms with E-state index < -0.39 is 37.1 Å². The van der Waals surface area contributed by atoms with E-state index in [4.69, 9.17) is 13.8 Å². The fourth-order valence-corrected chi connectivity index (χ4v) is 5.69. The summed E-state index contributed by atoms with van der Waals surface area (Å²) in [5, 5.41) is 32.6. The van der Waals surface area contributed by atoms with Gasteiger partial charge in [0.1, 0.15) is 17.8 Å². The molecule has 4 N–H and O–H groups in total. The first-order chi connectivity index (χ1) is 15.1. The van der Waals surface area contributed by atoms with Crippen LogP contribution in [0.4, 0.5) is 0 Å². The highest BCUT2D eigenvalue weighted by atomic mass is 32.2. The number of carbonyl (C=O) groups excluding carboxylic acids is 1. The molecule has 1 aromatic carbocycles. The molecule has 3 unspecified atom stereocenters. The molecule has 180 valence electrons.